The molecule has 1 saturated carbocycles. The van der Waals surface area contributed by atoms with Gasteiger partial charge in [0.2, 0.25) is 5.91 Å². The molecule has 2 N–H and O–H groups in total. The Bertz CT molecular complexity index is 1040. The van der Waals surface area contributed by atoms with Gasteiger partial charge in [-0.2, -0.15) is 5.10 Å². The third-order valence-corrected chi connectivity index (χ3v) is 5.34. The fourth-order valence-corrected chi connectivity index (χ4v) is 3.37. The first-order valence-electron chi connectivity index (χ1n) is 9.79. The predicted molar refractivity (Wildman–Crippen MR) is 106 cm³/mol. The van der Waals surface area contributed by atoms with Crippen molar-refractivity contribution in [3.63, 3.8) is 0 Å². The van der Waals surface area contributed by atoms with Crippen LogP contribution in [0, 0.1) is 12.8 Å². The second kappa shape index (κ2) is 6.91. The Hall–Kier alpha value is -2.93. The topological polar surface area (TPSA) is 80.5 Å². The summed E-state index contributed by atoms with van der Waals surface area (Å²) in [5.74, 6) is 1.59. The zero-order valence-electron chi connectivity index (χ0n) is 15.8. The van der Waals surface area contributed by atoms with Gasteiger partial charge in [-0.15, -0.1) is 0 Å². The van der Waals surface area contributed by atoms with Gasteiger partial charge in [-0.25, -0.2) is 4.52 Å². The van der Waals surface area contributed by atoms with Crippen LogP contribution in [0.2, 0.25) is 0 Å². The number of aryl methyl sites for hydroxylation is 1. The van der Waals surface area contributed by atoms with Crippen molar-refractivity contribution in [1.82, 2.24) is 19.9 Å². The number of carbonyl (C=O) groups excluding carboxylic acids is 1. The van der Waals surface area contributed by atoms with Gasteiger partial charge in [0.05, 0.1) is 11.7 Å². The molecule has 1 amide bonds. The number of hydrogen-bond acceptors (Lipinski definition) is 5. The number of carbonyl (C=O) groups is 1. The van der Waals surface area contributed by atoms with Crippen LogP contribution in [0.5, 0.6) is 5.75 Å². The summed E-state index contributed by atoms with van der Waals surface area (Å²) < 4.78 is 7.83. The zero-order valence-corrected chi connectivity index (χ0v) is 15.8. The molecule has 1 aliphatic heterocycles. The van der Waals surface area contributed by atoms with Crippen molar-refractivity contribution in [2.45, 2.75) is 32.2 Å². The number of aromatic nitrogens is 3. The Morgan fingerprint density at radius 1 is 1.32 bits per heavy atom. The number of hydrogen-bond donors (Lipinski definition) is 2. The monoisotopic (exact) mass is 377 g/mol. The first-order chi connectivity index (χ1) is 13.7. The average molecular weight is 377 g/mol. The molecule has 0 radical (unpaired) electrons. The summed E-state index contributed by atoms with van der Waals surface area (Å²) >= 11 is 0. The molecule has 0 unspecified atom stereocenters. The van der Waals surface area contributed by atoms with Gasteiger partial charge in [-0.1, -0.05) is 0 Å². The van der Waals surface area contributed by atoms with E-state index in [1.165, 1.54) is 0 Å². The van der Waals surface area contributed by atoms with E-state index in [-0.39, 0.29) is 11.8 Å². The molecule has 0 spiro atoms. The lowest BCUT2D eigenvalue weighted by Gasteiger charge is -2.27. The Morgan fingerprint density at radius 2 is 2.18 bits per heavy atom. The second-order valence-electron chi connectivity index (χ2n) is 7.65. The van der Waals surface area contributed by atoms with Crippen LogP contribution in [0.15, 0.2) is 36.7 Å². The van der Waals surface area contributed by atoms with E-state index in [0.717, 1.165) is 53.9 Å². The molecule has 3 aromatic rings. The van der Waals surface area contributed by atoms with Gasteiger partial charge >= 0.3 is 0 Å². The Kier molecular flexibility index (Phi) is 4.24. The number of nitrogens with zero attached hydrogens (tertiary/aromatic N) is 3. The van der Waals surface area contributed by atoms with Crippen molar-refractivity contribution in [3.8, 4) is 16.9 Å². The largest absolute Gasteiger partial charge is 0.490 e. The van der Waals surface area contributed by atoms with Gasteiger partial charge in [0.1, 0.15) is 12.4 Å². The summed E-state index contributed by atoms with van der Waals surface area (Å²) in [6, 6.07) is 8.43. The minimum absolute atomic E-state index is 0.0636. The Balaban J connectivity index is 1.42. The maximum absolute atomic E-state index is 12.0. The SMILES string of the molecule is Cc1cc(-c2ccn3nc(NC(=O)C4CC4)cc3c2)c(OC[C@H]2CCN2)cn1. The van der Waals surface area contributed by atoms with Crippen molar-refractivity contribution < 1.29 is 9.53 Å². The standard InChI is InChI=1S/C21H23N5O2/c1-13-8-18(19(11-23-13)28-12-16-4-6-22-16)15-5-7-26-17(9-15)10-20(25-26)24-21(27)14-2-3-14/h5,7-11,14,16,22H,2-4,6,12H2,1H3,(H,24,25,27)/t16-/m1/s1. The summed E-state index contributed by atoms with van der Waals surface area (Å²) in [4.78, 5) is 16.4. The fraction of sp³-hybridized carbons (Fsp3) is 0.381. The van der Waals surface area contributed by atoms with E-state index < -0.39 is 0 Å². The lowest BCUT2D eigenvalue weighted by atomic mass is 10.1. The summed E-state index contributed by atoms with van der Waals surface area (Å²) in [5.41, 5.74) is 3.91. The van der Waals surface area contributed by atoms with E-state index in [1.807, 2.05) is 31.3 Å². The van der Waals surface area contributed by atoms with Crippen LogP contribution in [-0.4, -0.2) is 39.7 Å². The molecule has 0 aromatic carbocycles. The number of nitrogens with one attached hydrogen (secondary N) is 2. The Morgan fingerprint density at radius 3 is 2.93 bits per heavy atom. The van der Waals surface area contributed by atoms with Gasteiger partial charge < -0.3 is 15.4 Å². The number of amides is 1. The molecule has 1 saturated heterocycles. The minimum Gasteiger partial charge on any atom is -0.490 e. The van der Waals surface area contributed by atoms with E-state index in [4.69, 9.17) is 4.74 Å². The van der Waals surface area contributed by atoms with Gasteiger partial charge in [0, 0.05) is 35.5 Å². The highest BCUT2D eigenvalue weighted by molar-refractivity contribution is 5.93. The molecule has 1 aliphatic carbocycles. The third kappa shape index (κ3) is 3.45. The van der Waals surface area contributed by atoms with Crippen LogP contribution >= 0.6 is 0 Å². The maximum Gasteiger partial charge on any atom is 0.228 e. The number of ether oxygens (including phenoxy) is 1. The fourth-order valence-electron chi connectivity index (χ4n) is 3.37. The van der Waals surface area contributed by atoms with E-state index >= 15 is 0 Å². The molecule has 1 atom stereocenters. The quantitative estimate of drug-likeness (QED) is 0.690. The minimum atomic E-state index is 0.0636. The smallest absolute Gasteiger partial charge is 0.228 e. The van der Waals surface area contributed by atoms with E-state index in [9.17, 15) is 4.79 Å². The molecule has 28 heavy (non-hydrogen) atoms. The van der Waals surface area contributed by atoms with Crippen molar-refractivity contribution in [3.05, 3.63) is 42.4 Å². The second-order valence-corrected chi connectivity index (χ2v) is 7.65. The number of pyridine rings is 2. The summed E-state index contributed by atoms with van der Waals surface area (Å²) in [7, 11) is 0. The Labute approximate surface area is 163 Å². The lowest BCUT2D eigenvalue weighted by molar-refractivity contribution is -0.117. The van der Waals surface area contributed by atoms with Gasteiger partial charge in [-0.3, -0.25) is 9.78 Å². The molecule has 4 heterocycles. The van der Waals surface area contributed by atoms with E-state index in [1.54, 1.807) is 10.7 Å². The third-order valence-electron chi connectivity index (χ3n) is 5.34. The van der Waals surface area contributed by atoms with Crippen LogP contribution < -0.4 is 15.4 Å². The highest BCUT2D eigenvalue weighted by atomic mass is 16.5. The highest BCUT2D eigenvalue weighted by Gasteiger charge is 2.30. The van der Waals surface area contributed by atoms with Gasteiger partial charge in [0.25, 0.3) is 0 Å². The number of fused-ring (bicyclic) bond motifs is 1. The first kappa shape index (κ1) is 17.2. The molecule has 7 nitrogen and oxygen atoms in total. The summed E-state index contributed by atoms with van der Waals surface area (Å²) in [6.07, 6.45) is 6.80. The summed E-state index contributed by atoms with van der Waals surface area (Å²) in [6.45, 7) is 3.68. The number of rotatable bonds is 6. The van der Waals surface area contributed by atoms with Crippen molar-refractivity contribution in [2.75, 3.05) is 18.5 Å². The zero-order chi connectivity index (χ0) is 19.1. The molecule has 144 valence electrons. The molecule has 0 bridgehead atoms. The highest BCUT2D eigenvalue weighted by Crippen LogP contribution is 2.32. The molecule has 5 rings (SSSR count). The lowest BCUT2D eigenvalue weighted by Crippen LogP contribution is -2.46. The van der Waals surface area contributed by atoms with Crippen molar-refractivity contribution in [1.29, 1.82) is 0 Å². The molecule has 3 aromatic heterocycles. The van der Waals surface area contributed by atoms with Crippen LogP contribution in [0.3, 0.4) is 0 Å². The first-order valence-corrected chi connectivity index (χ1v) is 9.79. The van der Waals surface area contributed by atoms with Crippen LogP contribution in [0.4, 0.5) is 5.82 Å². The predicted octanol–water partition coefficient (Wildman–Crippen LogP) is 2.79. The van der Waals surface area contributed by atoms with Crippen LogP contribution in [0.25, 0.3) is 16.6 Å². The number of anilines is 1. The van der Waals surface area contributed by atoms with Crippen molar-refractivity contribution >= 4 is 17.2 Å². The normalized spacial score (nSPS) is 18.7. The maximum atomic E-state index is 12.0. The van der Waals surface area contributed by atoms with Crippen LogP contribution in [0.1, 0.15) is 25.0 Å². The van der Waals surface area contributed by atoms with Crippen LogP contribution in [-0.2, 0) is 4.79 Å². The molecule has 7 heteroatoms. The van der Waals surface area contributed by atoms with Gasteiger partial charge in [-0.05, 0) is 56.5 Å². The molecular weight excluding hydrogens is 354 g/mol. The summed E-state index contributed by atoms with van der Waals surface area (Å²) in [5, 5.41) is 10.7. The average Bonchev–Trinajstić information content (AvgIpc) is 3.42. The van der Waals surface area contributed by atoms with E-state index in [0.29, 0.717) is 18.5 Å². The molecular formula is C21H23N5O2. The molecule has 2 fully saturated rings. The van der Waals surface area contributed by atoms with Crippen molar-refractivity contribution in [2.24, 2.45) is 5.92 Å². The van der Waals surface area contributed by atoms with Gasteiger partial charge in [0.15, 0.2) is 5.82 Å². The van der Waals surface area contributed by atoms with E-state index in [2.05, 4.69) is 26.8 Å². The molecule has 2 aliphatic rings.